The SMILES string of the molecule is CC[C@@]1(OC(=O)CC(C)(C)CNC(=O)OCc2ccc(N(C(=O)[C@@H](N)C(C)C)[C@@H](CCCNC(N)=O)C(N)=O)cc2)C(=O)OCc2c1cc1n(c2=O)Cc2cc3c(Br)cccc3nc2-1. The molecule has 5 amide bonds. The maximum absolute atomic E-state index is 14.0. The number of cyclic esters (lactones) is 1. The highest BCUT2D eigenvalue weighted by Gasteiger charge is 2.51. The summed E-state index contributed by atoms with van der Waals surface area (Å²) in [6.45, 7) is 8.68. The Morgan fingerprint density at radius 1 is 1.05 bits per heavy atom. The van der Waals surface area contributed by atoms with Crippen LogP contribution in [0.4, 0.5) is 15.3 Å². The van der Waals surface area contributed by atoms with Crippen LogP contribution < -0.4 is 38.3 Å². The first-order chi connectivity index (χ1) is 30.3. The first kappa shape index (κ1) is 47.1. The number of ether oxygens (including phenoxy) is 3. The second-order valence-corrected chi connectivity index (χ2v) is 18.0. The maximum atomic E-state index is 14.0. The van der Waals surface area contributed by atoms with Crippen molar-refractivity contribution in [1.82, 2.24) is 20.2 Å². The quantitative estimate of drug-likeness (QED) is 0.0495. The number of primary amides is 2. The number of carbonyl (C=O) groups excluding carboxylic acids is 6. The molecule has 0 saturated heterocycles. The van der Waals surface area contributed by atoms with E-state index in [9.17, 15) is 33.6 Å². The highest BCUT2D eigenvalue weighted by Crippen LogP contribution is 2.42. The number of pyridine rings is 2. The van der Waals surface area contributed by atoms with Gasteiger partial charge in [0.2, 0.25) is 17.4 Å². The molecule has 6 rings (SSSR count). The lowest BCUT2D eigenvalue weighted by molar-refractivity contribution is -0.190. The highest BCUT2D eigenvalue weighted by molar-refractivity contribution is 9.10. The average molecular weight is 946 g/mol. The standard InChI is InChI=1S/C45H53BrN8O10/c1-6-45(30-18-34-37-26(17-28-31(46)9-7-10-32(28)52-37)20-53(34)39(57)29(30)22-62-41(45)59)64-35(55)19-44(4,5)23-51-43(61)63-21-25-12-14-27(15-13-25)54(40(58)36(47)24(2)3)33(38(48)56)11-8-16-50-42(49)60/h7,9-10,12-15,17-18,24,33,36H,6,8,11,16,19-23,47H2,1-5H3,(H2,48,56)(H,51,61)(H3,49,50,60)/t33-,36-,45-/m0/s1. The molecule has 340 valence electrons. The topological polar surface area (TPSA) is 270 Å². The van der Waals surface area contributed by atoms with Crippen molar-refractivity contribution in [3.05, 3.63) is 91.7 Å². The number of nitrogens with zero attached hydrogens (tertiary/aromatic N) is 3. The van der Waals surface area contributed by atoms with Gasteiger partial charge in [-0.25, -0.2) is 19.4 Å². The molecule has 0 fully saturated rings. The highest BCUT2D eigenvalue weighted by atomic mass is 79.9. The van der Waals surface area contributed by atoms with E-state index in [0.717, 1.165) is 20.9 Å². The Labute approximate surface area is 377 Å². The molecule has 4 aromatic rings. The summed E-state index contributed by atoms with van der Waals surface area (Å²) in [5.74, 6) is -3.07. The van der Waals surface area contributed by atoms with Crippen molar-refractivity contribution in [3.8, 4) is 11.4 Å². The molecule has 0 bridgehead atoms. The normalized spacial score (nSPS) is 16.2. The number of benzene rings is 2. The predicted molar refractivity (Wildman–Crippen MR) is 239 cm³/mol. The zero-order valence-corrected chi connectivity index (χ0v) is 37.9. The molecule has 0 aliphatic carbocycles. The minimum absolute atomic E-state index is 0.00786. The molecule has 0 unspecified atom stereocenters. The Hall–Kier alpha value is -6.34. The van der Waals surface area contributed by atoms with Gasteiger partial charge in [-0.3, -0.25) is 24.1 Å². The zero-order chi connectivity index (χ0) is 46.7. The maximum Gasteiger partial charge on any atom is 0.407 e. The van der Waals surface area contributed by atoms with Gasteiger partial charge in [-0.15, -0.1) is 0 Å². The van der Waals surface area contributed by atoms with Gasteiger partial charge in [-0.1, -0.05) is 68.7 Å². The number of nitrogens with two attached hydrogens (primary N) is 3. The van der Waals surface area contributed by atoms with Crippen molar-refractivity contribution < 1.29 is 43.0 Å². The van der Waals surface area contributed by atoms with Crippen molar-refractivity contribution in [1.29, 1.82) is 0 Å². The first-order valence-corrected chi connectivity index (χ1v) is 21.7. The Kier molecular flexibility index (Phi) is 14.1. The van der Waals surface area contributed by atoms with Gasteiger partial charge in [0.15, 0.2) is 0 Å². The minimum atomic E-state index is -1.89. The number of carbonyl (C=O) groups is 6. The van der Waals surface area contributed by atoms with E-state index in [4.69, 9.17) is 36.4 Å². The molecule has 2 aromatic carbocycles. The summed E-state index contributed by atoms with van der Waals surface area (Å²) >= 11 is 3.58. The molecule has 8 N–H and O–H groups in total. The number of fused-ring (bicyclic) bond motifs is 5. The van der Waals surface area contributed by atoms with E-state index >= 15 is 0 Å². The number of esters is 2. The van der Waals surface area contributed by atoms with Crippen LogP contribution in [0, 0.1) is 11.3 Å². The summed E-state index contributed by atoms with van der Waals surface area (Å²) in [4.78, 5) is 97.6. The van der Waals surface area contributed by atoms with Crippen LogP contribution in [0.25, 0.3) is 22.3 Å². The second kappa shape index (κ2) is 19.2. The molecule has 4 heterocycles. The molecule has 2 aliphatic heterocycles. The third-order valence-electron chi connectivity index (χ3n) is 11.5. The molecule has 18 nitrogen and oxygen atoms in total. The summed E-state index contributed by atoms with van der Waals surface area (Å²) in [6.07, 6.45) is -0.585. The summed E-state index contributed by atoms with van der Waals surface area (Å²) in [7, 11) is 0. The Morgan fingerprint density at radius 3 is 2.42 bits per heavy atom. The van der Waals surface area contributed by atoms with Gasteiger partial charge < -0.3 is 46.6 Å². The molecule has 0 saturated carbocycles. The van der Waals surface area contributed by atoms with Gasteiger partial charge in [0.05, 0.1) is 41.5 Å². The third-order valence-corrected chi connectivity index (χ3v) is 12.2. The number of urea groups is 1. The van der Waals surface area contributed by atoms with Gasteiger partial charge in [-0.2, -0.15) is 0 Å². The number of hydrogen-bond acceptors (Lipinski definition) is 12. The van der Waals surface area contributed by atoms with E-state index in [-0.39, 0.29) is 74.7 Å². The Bertz CT molecular complexity index is 2560. The van der Waals surface area contributed by atoms with E-state index in [1.165, 1.54) is 4.90 Å². The molecule has 0 radical (unpaired) electrons. The van der Waals surface area contributed by atoms with Gasteiger partial charge >= 0.3 is 24.1 Å². The third kappa shape index (κ3) is 9.89. The van der Waals surface area contributed by atoms with Crippen LogP contribution in [-0.4, -0.2) is 70.6 Å². The largest absolute Gasteiger partial charge is 0.457 e. The Balaban J connectivity index is 1.09. The predicted octanol–water partition coefficient (Wildman–Crippen LogP) is 4.35. The lowest BCUT2D eigenvalue weighted by atomic mass is 9.85. The fraction of sp³-hybridized carbons (Fsp3) is 0.422. The molecule has 2 aromatic heterocycles. The van der Waals surface area contributed by atoms with Crippen molar-refractivity contribution in [2.45, 2.75) is 97.7 Å². The monoisotopic (exact) mass is 944 g/mol. The number of halogens is 1. The summed E-state index contributed by atoms with van der Waals surface area (Å²) in [5, 5.41) is 6.01. The second-order valence-electron chi connectivity index (χ2n) is 17.1. The van der Waals surface area contributed by atoms with Crippen molar-refractivity contribution in [2.75, 3.05) is 18.0 Å². The number of nitrogens with one attached hydrogen (secondary N) is 2. The molecular weight excluding hydrogens is 892 g/mol. The van der Waals surface area contributed by atoms with Crippen LogP contribution in [0.1, 0.15) is 82.6 Å². The van der Waals surface area contributed by atoms with Crippen LogP contribution in [0.5, 0.6) is 0 Å². The number of aromatic nitrogens is 2. The van der Waals surface area contributed by atoms with Gasteiger partial charge in [0.25, 0.3) is 5.56 Å². The molecule has 19 heteroatoms. The van der Waals surface area contributed by atoms with Crippen molar-refractivity contribution in [2.24, 2.45) is 28.5 Å². The van der Waals surface area contributed by atoms with E-state index in [2.05, 4.69) is 26.6 Å². The number of rotatable bonds is 17. The molecule has 0 spiro atoms. The first-order valence-electron chi connectivity index (χ1n) is 20.9. The fourth-order valence-electron chi connectivity index (χ4n) is 7.88. The smallest absolute Gasteiger partial charge is 0.407 e. The molecule has 3 atom stereocenters. The van der Waals surface area contributed by atoms with Gasteiger partial charge in [0, 0.05) is 39.8 Å². The summed E-state index contributed by atoms with van der Waals surface area (Å²) in [6, 6.07) is 13.0. The summed E-state index contributed by atoms with van der Waals surface area (Å²) < 4.78 is 19.4. The average Bonchev–Trinajstić information content (AvgIpc) is 3.61. The molecular formula is C45H53BrN8O10. The van der Waals surface area contributed by atoms with E-state index in [0.29, 0.717) is 29.1 Å². The van der Waals surface area contributed by atoms with Crippen LogP contribution in [0.15, 0.2) is 63.9 Å². The molecule has 64 heavy (non-hydrogen) atoms. The molecule has 2 aliphatic rings. The van der Waals surface area contributed by atoms with E-state index in [1.807, 2.05) is 24.3 Å². The van der Waals surface area contributed by atoms with E-state index in [1.54, 1.807) is 69.5 Å². The van der Waals surface area contributed by atoms with Crippen LogP contribution >= 0.6 is 15.9 Å². The minimum Gasteiger partial charge on any atom is -0.457 e. The fourth-order valence-corrected chi connectivity index (χ4v) is 8.35. The van der Waals surface area contributed by atoms with Crippen LogP contribution in [0.3, 0.4) is 0 Å². The van der Waals surface area contributed by atoms with E-state index < -0.39 is 59.0 Å². The lowest BCUT2D eigenvalue weighted by Crippen LogP contribution is -2.55. The summed E-state index contributed by atoms with van der Waals surface area (Å²) in [5.41, 5.74) is 18.0. The number of amides is 5. The lowest BCUT2D eigenvalue weighted by Gasteiger charge is -2.36. The van der Waals surface area contributed by atoms with Crippen molar-refractivity contribution >= 4 is 68.4 Å². The number of anilines is 1. The number of alkyl carbamates (subject to hydrolysis) is 1. The van der Waals surface area contributed by atoms with Crippen LogP contribution in [-0.2, 0) is 58.7 Å². The van der Waals surface area contributed by atoms with Gasteiger partial charge in [0.1, 0.15) is 19.3 Å². The van der Waals surface area contributed by atoms with Crippen molar-refractivity contribution in [3.63, 3.8) is 0 Å². The van der Waals surface area contributed by atoms with Gasteiger partial charge in [-0.05, 0) is 72.6 Å². The van der Waals surface area contributed by atoms with Crippen LogP contribution in [0.2, 0.25) is 0 Å². The zero-order valence-electron chi connectivity index (χ0n) is 36.3. The Morgan fingerprint density at radius 2 is 1.77 bits per heavy atom. The number of hydrogen-bond donors (Lipinski definition) is 5.